The molecule has 1 N–H and O–H groups in total. The van der Waals surface area contributed by atoms with Gasteiger partial charge < -0.3 is 15.0 Å². The Morgan fingerprint density at radius 2 is 1.94 bits per heavy atom. The number of hydrogen-bond donors (Lipinski definition) is 1. The first-order chi connectivity index (χ1) is 17.0. The van der Waals surface area contributed by atoms with Crippen molar-refractivity contribution < 1.29 is 14.3 Å². The van der Waals surface area contributed by atoms with Crippen LogP contribution in [-0.2, 0) is 22.4 Å². The maximum atomic E-state index is 12.8. The van der Waals surface area contributed by atoms with Crippen LogP contribution in [0.1, 0.15) is 54.3 Å². The molecule has 0 saturated heterocycles. The summed E-state index contributed by atoms with van der Waals surface area (Å²) >= 11 is 0. The van der Waals surface area contributed by atoms with Crippen LogP contribution in [0.25, 0.3) is 0 Å². The molecule has 1 aliphatic rings. The first-order valence-corrected chi connectivity index (χ1v) is 12.3. The summed E-state index contributed by atoms with van der Waals surface area (Å²) in [4.78, 5) is 31.7. The highest BCUT2D eigenvalue weighted by atomic mass is 16.5. The van der Waals surface area contributed by atoms with Crippen molar-refractivity contribution in [1.82, 2.24) is 15.2 Å². The first kappa shape index (κ1) is 24.5. The molecule has 182 valence electrons. The molecule has 0 radical (unpaired) electrons. The number of amides is 2. The van der Waals surface area contributed by atoms with Gasteiger partial charge in [0.15, 0.2) is 6.10 Å². The molecule has 4 rings (SSSR count). The van der Waals surface area contributed by atoms with Gasteiger partial charge in [-0.05, 0) is 61.2 Å². The van der Waals surface area contributed by atoms with Gasteiger partial charge in [0.1, 0.15) is 5.75 Å². The minimum atomic E-state index is -0.647. The lowest BCUT2D eigenvalue weighted by atomic mass is 9.87. The molecule has 1 aromatic heterocycles. The Morgan fingerprint density at radius 3 is 2.66 bits per heavy atom. The van der Waals surface area contributed by atoms with Gasteiger partial charge in [-0.25, -0.2) is 0 Å². The van der Waals surface area contributed by atoms with Gasteiger partial charge in [0.25, 0.3) is 5.91 Å². The van der Waals surface area contributed by atoms with Crippen LogP contribution in [0.2, 0.25) is 0 Å². The summed E-state index contributed by atoms with van der Waals surface area (Å²) in [7, 11) is 0. The first-order valence-electron chi connectivity index (χ1n) is 12.3. The zero-order valence-electron chi connectivity index (χ0n) is 20.7. The number of rotatable bonds is 8. The molecule has 35 heavy (non-hydrogen) atoms. The molecule has 0 aliphatic carbocycles. The highest BCUT2D eigenvalue weighted by Crippen LogP contribution is 2.37. The number of benzene rings is 2. The Hall–Kier alpha value is -3.67. The summed E-state index contributed by atoms with van der Waals surface area (Å²) in [5, 5.41) is 2.93. The van der Waals surface area contributed by atoms with Crippen LogP contribution in [0.15, 0.2) is 66.9 Å². The Morgan fingerprint density at radius 1 is 1.14 bits per heavy atom. The molecule has 0 fully saturated rings. The normalized spacial score (nSPS) is 15.7. The van der Waals surface area contributed by atoms with Crippen molar-refractivity contribution in [3.05, 3.63) is 94.8 Å². The smallest absolute Gasteiger partial charge is 0.260 e. The van der Waals surface area contributed by atoms with E-state index in [4.69, 9.17) is 4.74 Å². The molecule has 2 atom stereocenters. The fourth-order valence-electron chi connectivity index (χ4n) is 4.51. The third-order valence-corrected chi connectivity index (χ3v) is 6.45. The lowest BCUT2D eigenvalue weighted by Crippen LogP contribution is -2.40. The molecular weight excluding hydrogens is 438 g/mol. The van der Waals surface area contributed by atoms with E-state index in [1.54, 1.807) is 13.1 Å². The van der Waals surface area contributed by atoms with E-state index < -0.39 is 6.10 Å². The average molecular weight is 472 g/mol. The average Bonchev–Trinajstić information content (AvgIpc) is 2.88. The highest BCUT2D eigenvalue weighted by Gasteiger charge is 2.32. The largest absolute Gasteiger partial charge is 0.481 e. The predicted molar refractivity (Wildman–Crippen MR) is 136 cm³/mol. The third-order valence-electron chi connectivity index (χ3n) is 6.45. The second kappa shape index (κ2) is 11.2. The number of fused-ring (bicyclic) bond motifs is 1. The van der Waals surface area contributed by atoms with Crippen molar-refractivity contribution in [1.29, 1.82) is 0 Å². The van der Waals surface area contributed by atoms with Crippen molar-refractivity contribution in [2.45, 2.75) is 52.2 Å². The van der Waals surface area contributed by atoms with Crippen molar-refractivity contribution >= 4 is 11.8 Å². The topological polar surface area (TPSA) is 71.5 Å². The number of carbonyl (C=O) groups is 2. The summed E-state index contributed by atoms with van der Waals surface area (Å²) in [6.45, 7) is 6.89. The Kier molecular flexibility index (Phi) is 7.80. The number of nitrogens with zero attached hydrogens (tertiary/aromatic N) is 2. The van der Waals surface area contributed by atoms with E-state index in [1.807, 2.05) is 42.2 Å². The highest BCUT2D eigenvalue weighted by molar-refractivity contribution is 5.80. The van der Waals surface area contributed by atoms with Gasteiger partial charge in [-0.15, -0.1) is 0 Å². The van der Waals surface area contributed by atoms with Gasteiger partial charge in [-0.1, -0.05) is 48.9 Å². The lowest BCUT2D eigenvalue weighted by Gasteiger charge is -2.38. The van der Waals surface area contributed by atoms with Gasteiger partial charge in [-0.2, -0.15) is 0 Å². The molecule has 6 nitrogen and oxygen atoms in total. The molecule has 6 heteroatoms. The number of carbonyl (C=O) groups excluding carboxylic acids is 2. The van der Waals surface area contributed by atoms with Crippen molar-refractivity contribution in [3.8, 4) is 5.75 Å². The maximum absolute atomic E-state index is 12.8. The Labute approximate surface area is 207 Å². The molecule has 0 unspecified atom stereocenters. The van der Waals surface area contributed by atoms with Gasteiger partial charge >= 0.3 is 0 Å². The molecule has 0 spiro atoms. The van der Waals surface area contributed by atoms with E-state index in [2.05, 4.69) is 47.6 Å². The van der Waals surface area contributed by atoms with E-state index in [-0.39, 0.29) is 17.9 Å². The molecule has 1 aliphatic heterocycles. The third kappa shape index (κ3) is 5.88. The summed E-state index contributed by atoms with van der Waals surface area (Å²) in [6, 6.07) is 19.9. The SMILES string of the molecule is CCC(=O)N1CCc2ccc(O[C@@H](C)C(=O)NCCc3ccccn3)cc2[C@H]1c1ccc(C)cc1. The van der Waals surface area contributed by atoms with Crippen LogP contribution < -0.4 is 10.1 Å². The van der Waals surface area contributed by atoms with Crippen LogP contribution in [0, 0.1) is 6.92 Å². The molecule has 2 aromatic carbocycles. The molecule has 0 saturated carbocycles. The summed E-state index contributed by atoms with van der Waals surface area (Å²) < 4.78 is 6.04. The summed E-state index contributed by atoms with van der Waals surface area (Å²) in [6.07, 6.45) is 3.03. The molecule has 2 amide bonds. The molecule has 2 heterocycles. The quantitative estimate of drug-likeness (QED) is 0.529. The van der Waals surface area contributed by atoms with E-state index in [1.165, 1.54) is 11.1 Å². The van der Waals surface area contributed by atoms with Crippen LogP contribution in [0.5, 0.6) is 5.75 Å². The number of hydrogen-bond acceptors (Lipinski definition) is 4. The zero-order valence-corrected chi connectivity index (χ0v) is 20.7. The number of aromatic nitrogens is 1. The fraction of sp³-hybridized carbons (Fsp3) is 0.345. The fourth-order valence-corrected chi connectivity index (χ4v) is 4.51. The van der Waals surface area contributed by atoms with Gasteiger partial charge in [0, 0.05) is 37.8 Å². The van der Waals surface area contributed by atoms with Crippen LogP contribution in [0.3, 0.4) is 0 Å². The monoisotopic (exact) mass is 471 g/mol. The summed E-state index contributed by atoms with van der Waals surface area (Å²) in [5.74, 6) is 0.587. The predicted octanol–water partition coefficient (Wildman–Crippen LogP) is 4.40. The summed E-state index contributed by atoms with van der Waals surface area (Å²) in [5.41, 5.74) is 5.45. The van der Waals surface area contributed by atoms with E-state index in [0.717, 1.165) is 23.2 Å². The molecule has 0 bridgehead atoms. The van der Waals surface area contributed by atoms with Crippen LogP contribution >= 0.6 is 0 Å². The van der Waals surface area contributed by atoms with Gasteiger partial charge in [0.2, 0.25) is 5.91 Å². The minimum Gasteiger partial charge on any atom is -0.481 e. The van der Waals surface area contributed by atoms with Crippen LogP contribution in [0.4, 0.5) is 0 Å². The Bertz CT molecular complexity index is 1160. The maximum Gasteiger partial charge on any atom is 0.260 e. The van der Waals surface area contributed by atoms with Crippen molar-refractivity contribution in [3.63, 3.8) is 0 Å². The molecule has 3 aromatic rings. The standard InChI is InChI=1S/C29H33N3O3/c1-4-27(33)32-18-15-22-12-13-25(19-26(22)28(32)23-10-8-20(2)9-11-23)35-21(3)29(34)31-17-14-24-7-5-6-16-30-24/h5-13,16,19,21,28H,4,14-15,17-18H2,1-3H3,(H,31,34)/t21-,28+/m0/s1. The second-order valence-corrected chi connectivity index (χ2v) is 8.99. The number of ether oxygens (including phenoxy) is 1. The number of nitrogens with one attached hydrogen (secondary N) is 1. The number of aryl methyl sites for hydroxylation is 1. The Balaban J connectivity index is 1.50. The lowest BCUT2D eigenvalue weighted by molar-refractivity contribution is -0.133. The van der Waals surface area contributed by atoms with Gasteiger partial charge in [0.05, 0.1) is 6.04 Å². The van der Waals surface area contributed by atoms with E-state index in [9.17, 15) is 9.59 Å². The van der Waals surface area contributed by atoms with Crippen molar-refractivity contribution in [2.24, 2.45) is 0 Å². The minimum absolute atomic E-state index is 0.133. The zero-order chi connectivity index (χ0) is 24.8. The van der Waals surface area contributed by atoms with E-state index >= 15 is 0 Å². The second-order valence-electron chi connectivity index (χ2n) is 8.99. The van der Waals surface area contributed by atoms with E-state index in [0.29, 0.717) is 31.7 Å². The van der Waals surface area contributed by atoms with Crippen molar-refractivity contribution in [2.75, 3.05) is 13.1 Å². The number of pyridine rings is 1. The molecular formula is C29H33N3O3. The van der Waals surface area contributed by atoms with Gasteiger partial charge in [-0.3, -0.25) is 14.6 Å². The van der Waals surface area contributed by atoms with Crippen LogP contribution in [-0.4, -0.2) is 40.9 Å².